The average Bonchev–Trinajstić information content (AvgIpc) is 2.86. The Morgan fingerprint density at radius 1 is 1.11 bits per heavy atom. The van der Waals surface area contributed by atoms with Gasteiger partial charge in [0.25, 0.3) is 0 Å². The quantitative estimate of drug-likeness (QED) is 0.890. The molecule has 19 heavy (non-hydrogen) atoms. The van der Waals surface area contributed by atoms with Crippen LogP contribution >= 0.6 is 0 Å². The van der Waals surface area contributed by atoms with E-state index in [2.05, 4.69) is 30.4 Å². The number of alkyl carbamates (subject to hydrolysis) is 1. The SMILES string of the molecule is Cc1c(-c2ccccc2)cccc1[C@@H]1COC(=O)N1. The number of cyclic esters (lactones) is 1. The molecule has 3 heteroatoms. The molecule has 1 heterocycles. The van der Waals surface area contributed by atoms with Crippen molar-refractivity contribution in [2.75, 3.05) is 6.61 Å². The maximum Gasteiger partial charge on any atom is 0.407 e. The number of rotatable bonds is 2. The van der Waals surface area contributed by atoms with Crippen LogP contribution < -0.4 is 5.32 Å². The molecule has 2 aromatic carbocycles. The fourth-order valence-corrected chi connectivity index (χ4v) is 2.51. The van der Waals surface area contributed by atoms with E-state index in [-0.39, 0.29) is 12.1 Å². The molecule has 1 aliphatic heterocycles. The minimum Gasteiger partial charge on any atom is -0.447 e. The average molecular weight is 253 g/mol. The third-order valence-corrected chi connectivity index (χ3v) is 3.51. The molecule has 3 rings (SSSR count). The molecule has 3 nitrogen and oxygen atoms in total. The van der Waals surface area contributed by atoms with E-state index in [0.717, 1.165) is 5.56 Å². The van der Waals surface area contributed by atoms with Gasteiger partial charge in [-0.2, -0.15) is 0 Å². The summed E-state index contributed by atoms with van der Waals surface area (Å²) in [4.78, 5) is 11.2. The second-order valence-electron chi connectivity index (χ2n) is 4.68. The number of amides is 1. The van der Waals surface area contributed by atoms with Crippen molar-refractivity contribution in [2.45, 2.75) is 13.0 Å². The van der Waals surface area contributed by atoms with Crippen LogP contribution in [-0.2, 0) is 4.74 Å². The maximum absolute atomic E-state index is 11.2. The van der Waals surface area contributed by atoms with Gasteiger partial charge >= 0.3 is 6.09 Å². The molecule has 0 radical (unpaired) electrons. The number of carbonyl (C=O) groups is 1. The first-order valence-corrected chi connectivity index (χ1v) is 6.34. The molecule has 96 valence electrons. The summed E-state index contributed by atoms with van der Waals surface area (Å²) < 4.78 is 4.97. The van der Waals surface area contributed by atoms with Crippen molar-refractivity contribution in [1.82, 2.24) is 5.32 Å². The van der Waals surface area contributed by atoms with E-state index in [1.165, 1.54) is 16.7 Å². The minimum absolute atomic E-state index is 0.0452. The highest BCUT2D eigenvalue weighted by Gasteiger charge is 2.25. The lowest BCUT2D eigenvalue weighted by Crippen LogP contribution is -2.19. The summed E-state index contributed by atoms with van der Waals surface area (Å²) in [6, 6.07) is 16.4. The fourth-order valence-electron chi connectivity index (χ4n) is 2.51. The van der Waals surface area contributed by atoms with E-state index in [0.29, 0.717) is 6.61 Å². The van der Waals surface area contributed by atoms with Crippen molar-refractivity contribution in [3.63, 3.8) is 0 Å². The highest BCUT2D eigenvalue weighted by atomic mass is 16.6. The van der Waals surface area contributed by atoms with E-state index >= 15 is 0 Å². The van der Waals surface area contributed by atoms with Crippen LogP contribution in [0, 0.1) is 6.92 Å². The van der Waals surface area contributed by atoms with Crippen molar-refractivity contribution in [1.29, 1.82) is 0 Å². The number of ether oxygens (including phenoxy) is 1. The van der Waals surface area contributed by atoms with Crippen molar-refractivity contribution in [3.05, 3.63) is 59.7 Å². The summed E-state index contributed by atoms with van der Waals surface area (Å²) in [6.45, 7) is 2.49. The van der Waals surface area contributed by atoms with Crippen molar-refractivity contribution >= 4 is 6.09 Å². The molecule has 1 amide bonds. The Kier molecular flexibility index (Phi) is 2.95. The van der Waals surface area contributed by atoms with Crippen LogP contribution in [-0.4, -0.2) is 12.7 Å². The largest absolute Gasteiger partial charge is 0.447 e. The summed E-state index contributed by atoms with van der Waals surface area (Å²) in [6.07, 6.45) is -0.338. The first kappa shape index (κ1) is 11.8. The first-order chi connectivity index (χ1) is 9.25. The second-order valence-corrected chi connectivity index (χ2v) is 4.68. The Morgan fingerprint density at radius 3 is 2.58 bits per heavy atom. The Morgan fingerprint density at radius 2 is 1.89 bits per heavy atom. The van der Waals surface area contributed by atoms with Gasteiger partial charge in [0.1, 0.15) is 6.61 Å². The van der Waals surface area contributed by atoms with Crippen LogP contribution in [0.3, 0.4) is 0 Å². The topological polar surface area (TPSA) is 38.3 Å². The van der Waals surface area contributed by atoms with Crippen molar-refractivity contribution in [2.24, 2.45) is 0 Å². The summed E-state index contributed by atoms with van der Waals surface area (Å²) in [5, 5.41) is 2.83. The summed E-state index contributed by atoms with van der Waals surface area (Å²) >= 11 is 0. The Labute approximate surface area is 112 Å². The molecule has 0 unspecified atom stereocenters. The van der Waals surface area contributed by atoms with Gasteiger partial charge < -0.3 is 10.1 Å². The monoisotopic (exact) mass is 253 g/mol. The zero-order valence-electron chi connectivity index (χ0n) is 10.7. The van der Waals surface area contributed by atoms with Crippen molar-refractivity contribution < 1.29 is 9.53 Å². The third-order valence-electron chi connectivity index (χ3n) is 3.51. The van der Waals surface area contributed by atoms with Crippen LogP contribution in [0.15, 0.2) is 48.5 Å². The Balaban J connectivity index is 2.02. The highest BCUT2D eigenvalue weighted by Crippen LogP contribution is 2.30. The molecule has 0 spiro atoms. The van der Waals surface area contributed by atoms with Gasteiger partial charge in [-0.15, -0.1) is 0 Å². The van der Waals surface area contributed by atoms with Gasteiger partial charge in [0.2, 0.25) is 0 Å². The standard InChI is InChI=1S/C16H15NO2/c1-11-13(12-6-3-2-4-7-12)8-5-9-14(11)15-10-19-16(18)17-15/h2-9,15H,10H2,1H3,(H,17,18)/t15-/m0/s1. The van der Waals surface area contributed by atoms with Crippen LogP contribution in [0.5, 0.6) is 0 Å². The number of carbonyl (C=O) groups excluding carboxylic acids is 1. The molecule has 1 atom stereocenters. The van der Waals surface area contributed by atoms with Crippen LogP contribution in [0.25, 0.3) is 11.1 Å². The van der Waals surface area contributed by atoms with Gasteiger partial charge in [0, 0.05) is 0 Å². The van der Waals surface area contributed by atoms with Crippen molar-refractivity contribution in [3.8, 4) is 11.1 Å². The predicted octanol–water partition coefficient (Wildman–Crippen LogP) is 3.44. The van der Waals surface area contributed by atoms with Crippen LogP contribution in [0.1, 0.15) is 17.2 Å². The van der Waals surface area contributed by atoms with Gasteiger partial charge in [-0.1, -0.05) is 48.5 Å². The molecule has 0 saturated carbocycles. The summed E-state index contributed by atoms with van der Waals surface area (Å²) in [5.74, 6) is 0. The molecule has 0 bridgehead atoms. The Bertz CT molecular complexity index is 607. The number of benzene rings is 2. The van der Waals surface area contributed by atoms with Gasteiger partial charge in [-0.25, -0.2) is 4.79 Å². The first-order valence-electron chi connectivity index (χ1n) is 6.34. The normalized spacial score (nSPS) is 17.9. The lowest BCUT2D eigenvalue weighted by molar-refractivity contribution is 0.177. The molecule has 0 aromatic heterocycles. The smallest absolute Gasteiger partial charge is 0.407 e. The number of hydrogen-bond acceptors (Lipinski definition) is 2. The van der Waals surface area contributed by atoms with Crippen LogP contribution in [0.2, 0.25) is 0 Å². The Hall–Kier alpha value is -2.29. The zero-order chi connectivity index (χ0) is 13.2. The maximum atomic E-state index is 11.2. The van der Waals surface area contributed by atoms with E-state index in [9.17, 15) is 4.79 Å². The molecule has 0 aliphatic carbocycles. The van der Waals surface area contributed by atoms with E-state index < -0.39 is 0 Å². The second kappa shape index (κ2) is 4.76. The molecule has 2 aromatic rings. The molecule has 1 N–H and O–H groups in total. The zero-order valence-corrected chi connectivity index (χ0v) is 10.7. The molecular weight excluding hydrogens is 238 g/mol. The summed E-state index contributed by atoms with van der Waals surface area (Å²) in [7, 11) is 0. The molecular formula is C16H15NO2. The van der Waals surface area contributed by atoms with E-state index in [4.69, 9.17) is 4.74 Å². The van der Waals surface area contributed by atoms with Gasteiger partial charge in [0.15, 0.2) is 0 Å². The van der Waals surface area contributed by atoms with Crippen LogP contribution in [0.4, 0.5) is 4.79 Å². The molecule has 1 saturated heterocycles. The van der Waals surface area contributed by atoms with E-state index in [1.807, 2.05) is 30.3 Å². The predicted molar refractivity (Wildman–Crippen MR) is 73.8 cm³/mol. The molecule has 1 aliphatic rings. The third kappa shape index (κ3) is 2.19. The molecule has 1 fully saturated rings. The lowest BCUT2D eigenvalue weighted by atomic mass is 9.93. The van der Waals surface area contributed by atoms with E-state index in [1.54, 1.807) is 0 Å². The summed E-state index contributed by atoms with van der Waals surface area (Å²) in [5.41, 5.74) is 4.68. The number of nitrogens with one attached hydrogen (secondary N) is 1. The fraction of sp³-hybridized carbons (Fsp3) is 0.188. The highest BCUT2D eigenvalue weighted by molar-refractivity contribution is 5.72. The van der Waals surface area contributed by atoms with Gasteiger partial charge in [0.05, 0.1) is 6.04 Å². The van der Waals surface area contributed by atoms with Gasteiger partial charge in [-0.3, -0.25) is 0 Å². The van der Waals surface area contributed by atoms with Gasteiger partial charge in [-0.05, 0) is 29.2 Å². The minimum atomic E-state index is -0.338. The number of hydrogen-bond donors (Lipinski definition) is 1. The lowest BCUT2D eigenvalue weighted by Gasteiger charge is -2.15.